The van der Waals surface area contributed by atoms with Gasteiger partial charge in [0.2, 0.25) is 5.91 Å². The van der Waals surface area contributed by atoms with Crippen molar-refractivity contribution in [1.29, 1.82) is 0 Å². The van der Waals surface area contributed by atoms with Crippen LogP contribution in [0, 0.1) is 17.6 Å². The van der Waals surface area contributed by atoms with Crippen LogP contribution < -0.4 is 5.32 Å². The van der Waals surface area contributed by atoms with E-state index < -0.39 is 39.2 Å². The molecule has 1 saturated heterocycles. The number of halogens is 2. The number of rotatable bonds is 3. The van der Waals surface area contributed by atoms with Gasteiger partial charge in [0, 0.05) is 6.54 Å². The summed E-state index contributed by atoms with van der Waals surface area (Å²) in [5, 5.41) is 2.38. The van der Waals surface area contributed by atoms with Gasteiger partial charge < -0.3 is 10.2 Å². The van der Waals surface area contributed by atoms with Crippen molar-refractivity contribution in [3.05, 3.63) is 65.7 Å². The van der Waals surface area contributed by atoms with E-state index in [4.69, 9.17) is 0 Å². The minimum absolute atomic E-state index is 0.0355. The number of sulfonamides is 1. The van der Waals surface area contributed by atoms with Gasteiger partial charge in [0.15, 0.2) is 0 Å². The zero-order valence-electron chi connectivity index (χ0n) is 16.1. The van der Waals surface area contributed by atoms with Crippen molar-refractivity contribution >= 4 is 33.2 Å². The summed E-state index contributed by atoms with van der Waals surface area (Å²) in [6.07, 6.45) is 2.66. The number of nitrogens with one attached hydrogen (secondary N) is 1. The number of hydrogen-bond donors (Lipinski definition) is 1. The molecule has 1 aliphatic carbocycles. The Balaban J connectivity index is 1.40. The summed E-state index contributed by atoms with van der Waals surface area (Å²) in [7, 11) is -4.39. The molecule has 31 heavy (non-hydrogen) atoms. The number of benzene rings is 2. The summed E-state index contributed by atoms with van der Waals surface area (Å²) in [5.41, 5.74) is 1.44. The predicted octanol–water partition coefficient (Wildman–Crippen LogP) is 2.82. The van der Waals surface area contributed by atoms with Gasteiger partial charge in [-0.1, -0.05) is 18.2 Å². The normalized spacial score (nSPS) is 23.4. The van der Waals surface area contributed by atoms with E-state index in [-0.39, 0.29) is 23.5 Å². The van der Waals surface area contributed by atoms with Crippen molar-refractivity contribution in [2.24, 2.45) is 5.92 Å². The number of hydrogen-bond acceptors (Lipinski definition) is 4. The van der Waals surface area contributed by atoms with E-state index in [1.807, 2.05) is 6.08 Å². The maximum Gasteiger partial charge on any atom is 0.336 e. The molecule has 0 unspecified atom stereocenters. The van der Waals surface area contributed by atoms with Gasteiger partial charge >= 0.3 is 6.03 Å². The van der Waals surface area contributed by atoms with Crippen LogP contribution in [0.2, 0.25) is 0 Å². The molecule has 0 saturated carbocycles. The molecule has 7 nitrogen and oxygen atoms in total. The lowest BCUT2D eigenvalue weighted by Gasteiger charge is -2.33. The van der Waals surface area contributed by atoms with Crippen LogP contribution in [0.1, 0.15) is 12.0 Å². The van der Waals surface area contributed by atoms with Crippen LogP contribution in [0.5, 0.6) is 0 Å². The summed E-state index contributed by atoms with van der Waals surface area (Å²) in [6.45, 7) is -0.313. The molecule has 0 radical (unpaired) electrons. The number of amides is 3. The van der Waals surface area contributed by atoms with Gasteiger partial charge in [-0.2, -0.15) is 0 Å². The second-order valence-electron chi connectivity index (χ2n) is 7.77. The molecule has 10 heteroatoms. The van der Waals surface area contributed by atoms with E-state index in [0.29, 0.717) is 22.8 Å². The molecule has 3 amide bonds. The van der Waals surface area contributed by atoms with Crippen molar-refractivity contribution in [2.45, 2.75) is 17.4 Å². The van der Waals surface area contributed by atoms with Crippen LogP contribution in [-0.2, 0) is 14.8 Å². The molecule has 0 spiro atoms. The molecule has 5 rings (SSSR count). The largest absolute Gasteiger partial charge is 0.336 e. The first-order chi connectivity index (χ1) is 14.7. The Morgan fingerprint density at radius 3 is 2.65 bits per heavy atom. The van der Waals surface area contributed by atoms with Crippen LogP contribution >= 0.6 is 0 Å². The van der Waals surface area contributed by atoms with Crippen molar-refractivity contribution in [2.75, 3.05) is 18.4 Å². The lowest BCUT2D eigenvalue weighted by atomic mass is 10.00. The van der Waals surface area contributed by atoms with Crippen molar-refractivity contribution < 1.29 is 26.8 Å². The quantitative estimate of drug-likeness (QED) is 0.787. The molecular formula is C21H17F2N3O4S. The number of urea groups is 1. The third-order valence-electron chi connectivity index (χ3n) is 5.84. The van der Waals surface area contributed by atoms with Crippen LogP contribution in [0.15, 0.2) is 53.4 Å². The smallest absolute Gasteiger partial charge is 0.333 e. The van der Waals surface area contributed by atoms with E-state index in [1.165, 1.54) is 17.0 Å². The van der Waals surface area contributed by atoms with Crippen LogP contribution in [-0.4, -0.2) is 48.7 Å². The monoisotopic (exact) mass is 445 g/mol. The van der Waals surface area contributed by atoms with Crippen LogP contribution in [0.25, 0.3) is 5.57 Å². The Labute approximate surface area is 177 Å². The molecular weight excluding hydrogens is 428 g/mol. The highest BCUT2D eigenvalue weighted by Gasteiger charge is 2.44. The van der Waals surface area contributed by atoms with Gasteiger partial charge in [-0.3, -0.25) is 4.79 Å². The molecule has 2 heterocycles. The topological polar surface area (TPSA) is 86.8 Å². The Morgan fingerprint density at radius 2 is 1.90 bits per heavy atom. The van der Waals surface area contributed by atoms with Gasteiger partial charge in [-0.25, -0.2) is 26.3 Å². The number of carbonyl (C=O) groups excluding carboxylic acids is 2. The standard InChI is InChI=1S/C21H17F2N3O4S/c22-14-3-1-2-13(8-14)16-6-12-7-18(16)25(10-12)20(27)11-26-21(28)24-17-5-4-15(23)9-19(17)31(26,29)30/h1-6,8-9,12,18H,7,10-11H2,(H,24,28)/t12-,18-/m1/s1. The lowest BCUT2D eigenvalue weighted by Crippen LogP contribution is -2.50. The Bertz CT molecular complexity index is 1260. The zero-order chi connectivity index (χ0) is 21.9. The van der Waals surface area contributed by atoms with E-state index in [1.54, 1.807) is 12.1 Å². The first kappa shape index (κ1) is 19.7. The molecule has 2 bridgehead atoms. The van der Waals surface area contributed by atoms with Gasteiger partial charge in [0.05, 0.1) is 11.7 Å². The van der Waals surface area contributed by atoms with Crippen LogP contribution in [0.3, 0.4) is 0 Å². The molecule has 160 valence electrons. The summed E-state index contributed by atoms with van der Waals surface area (Å²) in [5.74, 6) is -1.63. The van der Waals surface area contributed by atoms with Gasteiger partial charge in [0.1, 0.15) is 23.1 Å². The molecule has 3 aliphatic rings. The zero-order valence-corrected chi connectivity index (χ0v) is 16.9. The van der Waals surface area contributed by atoms with E-state index in [9.17, 15) is 26.8 Å². The SMILES string of the molecule is O=C(CN1C(=O)Nc2ccc(F)cc2S1(=O)=O)N1C[C@@H]2C=C(c3cccc(F)c3)[C@H]1C2. The fourth-order valence-corrected chi connectivity index (χ4v) is 5.91. The summed E-state index contributed by atoms with van der Waals surface area (Å²) < 4.78 is 53.4. The molecule has 0 aromatic heterocycles. The molecule has 2 aromatic carbocycles. The number of likely N-dealkylation sites (tertiary alicyclic amines) is 1. The molecule has 1 fully saturated rings. The maximum atomic E-state index is 13.7. The minimum Gasteiger partial charge on any atom is -0.333 e. The highest BCUT2D eigenvalue weighted by atomic mass is 32.2. The average Bonchev–Trinajstić information content (AvgIpc) is 3.33. The summed E-state index contributed by atoms with van der Waals surface area (Å²) >= 11 is 0. The number of nitrogens with zero attached hydrogens (tertiary/aromatic N) is 2. The van der Waals surface area contributed by atoms with Crippen molar-refractivity contribution in [3.8, 4) is 0 Å². The fourth-order valence-electron chi connectivity index (χ4n) is 4.47. The first-order valence-electron chi connectivity index (χ1n) is 9.64. The van der Waals surface area contributed by atoms with Gasteiger partial charge in [0.25, 0.3) is 10.0 Å². The highest BCUT2D eigenvalue weighted by molar-refractivity contribution is 7.90. The fraction of sp³-hybridized carbons (Fsp3) is 0.238. The Hall–Kier alpha value is -3.27. The van der Waals surface area contributed by atoms with Crippen molar-refractivity contribution in [1.82, 2.24) is 9.21 Å². The second-order valence-corrected chi connectivity index (χ2v) is 9.60. The molecule has 1 N–H and O–H groups in total. The van der Waals surface area contributed by atoms with Crippen LogP contribution in [0.4, 0.5) is 19.3 Å². The Morgan fingerprint density at radius 1 is 1.13 bits per heavy atom. The number of fused-ring (bicyclic) bond motifs is 3. The molecule has 2 atom stereocenters. The minimum atomic E-state index is -4.39. The van der Waals surface area contributed by atoms with Crippen molar-refractivity contribution in [3.63, 3.8) is 0 Å². The molecule has 2 aromatic rings. The van der Waals surface area contributed by atoms with E-state index in [2.05, 4.69) is 5.32 Å². The maximum absolute atomic E-state index is 13.7. The van der Waals surface area contributed by atoms with E-state index in [0.717, 1.165) is 23.8 Å². The summed E-state index contributed by atoms with van der Waals surface area (Å²) in [4.78, 5) is 26.6. The second kappa shape index (κ2) is 6.88. The number of carbonyl (C=O) groups is 2. The first-order valence-corrected chi connectivity index (χ1v) is 11.1. The third kappa shape index (κ3) is 3.18. The Kier molecular flexibility index (Phi) is 4.37. The predicted molar refractivity (Wildman–Crippen MR) is 107 cm³/mol. The number of anilines is 1. The van der Waals surface area contributed by atoms with Gasteiger partial charge in [-0.05, 0) is 53.8 Å². The van der Waals surface area contributed by atoms with Gasteiger partial charge in [-0.15, -0.1) is 0 Å². The highest BCUT2D eigenvalue weighted by Crippen LogP contribution is 2.42. The lowest BCUT2D eigenvalue weighted by molar-refractivity contribution is -0.131. The van der Waals surface area contributed by atoms with E-state index >= 15 is 0 Å². The average molecular weight is 445 g/mol. The summed E-state index contributed by atoms with van der Waals surface area (Å²) in [6, 6.07) is 7.79. The third-order valence-corrected chi connectivity index (χ3v) is 7.61. The molecule has 2 aliphatic heterocycles.